The third-order valence-corrected chi connectivity index (χ3v) is 18.7. The molecule has 336 valence electrons. The molecule has 1 heterocycles. The molecule has 5 saturated carbocycles. The highest BCUT2D eigenvalue weighted by Crippen LogP contribution is 2.81. The number of carboxylic acids is 1. The van der Waals surface area contributed by atoms with Gasteiger partial charge in [-0.2, -0.15) is 0 Å². The van der Waals surface area contributed by atoms with Crippen LogP contribution >= 0.6 is 0 Å². The maximum absolute atomic E-state index is 13.8. The van der Waals surface area contributed by atoms with E-state index in [-0.39, 0.29) is 66.2 Å². The van der Waals surface area contributed by atoms with Crippen LogP contribution in [0, 0.1) is 62.1 Å². The van der Waals surface area contributed by atoms with Crippen LogP contribution in [-0.4, -0.2) is 104 Å². The van der Waals surface area contributed by atoms with Crippen molar-refractivity contribution < 1.29 is 54.8 Å². The molecule has 6 aliphatic carbocycles. The molecule has 1 aromatic rings. The number of hydrogen-bond donors (Lipinski definition) is 7. The number of allylic oxidation sites excluding steroid dienone is 2. The predicted molar refractivity (Wildman–Crippen MR) is 224 cm³/mol. The van der Waals surface area contributed by atoms with E-state index in [1.54, 1.807) is 0 Å². The van der Waals surface area contributed by atoms with Crippen LogP contribution in [0.5, 0.6) is 0 Å². The lowest BCUT2D eigenvalue weighted by atomic mass is 9.28. The standard InChI is InChI=1S/C49H74O11/c1-6-7-9-16-31-21-49(43(56)57)33(22-44(2,27-50)24-37(49)53)32-20-30-15-12-18-48(47(31,32)5)19-17-36-45(3,40(30)48)23-35(58-25-29-13-10-8-11-14-29)41(46(36,4)28-51)60-42-39(55)38(54)34(52)26-59-42/h8,10-11,13-14,20,30-31,33-42,50-55H,6-7,9,12,15-19,21-28H2,1-5H3,(H,56,57). The Labute approximate surface area is 356 Å². The van der Waals surface area contributed by atoms with Gasteiger partial charge >= 0.3 is 5.97 Å². The number of carboxylic acid groups (broad SMARTS) is 1. The fraction of sp³-hybridized carbons (Fsp3) is 0.816. The van der Waals surface area contributed by atoms with E-state index >= 15 is 0 Å². The molecular formula is C49H74O11. The summed E-state index contributed by atoms with van der Waals surface area (Å²) in [5.41, 5.74) is -1.41. The van der Waals surface area contributed by atoms with Crippen molar-refractivity contribution in [3.8, 4) is 0 Å². The fourth-order valence-electron chi connectivity index (χ4n) is 16.0. The average Bonchev–Trinajstić information content (AvgIpc) is 3.22. The SMILES string of the molecule is CCCCCC1CC2(C(=O)O)C(O)CC(C)(CO)CC2C2=CC3CCCC4(CCC5C(C)(CO)C(OC6OCC(O)C(O)C6O)C(OCc6ccccc6)CC5(C)C34)C21C. The number of benzene rings is 1. The Morgan fingerprint density at radius 2 is 1.65 bits per heavy atom. The zero-order chi connectivity index (χ0) is 43.0. The number of ether oxygens (including phenoxy) is 3. The minimum atomic E-state index is -1.49. The fourth-order valence-corrected chi connectivity index (χ4v) is 16.0. The van der Waals surface area contributed by atoms with Gasteiger partial charge in [0.2, 0.25) is 0 Å². The number of rotatable bonds is 12. The number of fused-ring (bicyclic) bond motifs is 4. The molecule has 8 rings (SSSR count). The Hall–Kier alpha value is -1.93. The maximum Gasteiger partial charge on any atom is 0.312 e. The summed E-state index contributed by atoms with van der Waals surface area (Å²) in [7, 11) is 0. The van der Waals surface area contributed by atoms with E-state index in [1.807, 2.05) is 37.3 Å². The lowest BCUT2D eigenvalue weighted by molar-refractivity contribution is -0.337. The summed E-state index contributed by atoms with van der Waals surface area (Å²) in [6, 6.07) is 9.98. The van der Waals surface area contributed by atoms with Crippen LogP contribution in [0.25, 0.3) is 0 Å². The summed E-state index contributed by atoms with van der Waals surface area (Å²) >= 11 is 0. The molecule has 1 saturated heterocycles. The molecule has 2 bridgehead atoms. The quantitative estimate of drug-likeness (QED) is 0.0744. The molecule has 11 heteroatoms. The molecule has 18 unspecified atom stereocenters. The van der Waals surface area contributed by atoms with Gasteiger partial charge in [-0.25, -0.2) is 0 Å². The van der Waals surface area contributed by atoms with Crippen LogP contribution in [0.1, 0.15) is 124 Å². The molecule has 7 aliphatic rings. The molecule has 18 atom stereocenters. The lowest BCUT2D eigenvalue weighted by Gasteiger charge is -2.76. The van der Waals surface area contributed by atoms with Gasteiger partial charge in [0.15, 0.2) is 6.29 Å². The summed E-state index contributed by atoms with van der Waals surface area (Å²) in [5, 5.41) is 78.0. The van der Waals surface area contributed by atoms with Crippen LogP contribution in [-0.2, 0) is 25.6 Å². The number of aliphatic carboxylic acids is 1. The molecule has 60 heavy (non-hydrogen) atoms. The highest BCUT2D eigenvalue weighted by atomic mass is 16.7. The van der Waals surface area contributed by atoms with Crippen molar-refractivity contribution in [2.75, 3.05) is 19.8 Å². The monoisotopic (exact) mass is 839 g/mol. The molecule has 0 radical (unpaired) electrons. The van der Waals surface area contributed by atoms with Crippen LogP contribution in [0.2, 0.25) is 0 Å². The van der Waals surface area contributed by atoms with Gasteiger partial charge < -0.3 is 50.0 Å². The van der Waals surface area contributed by atoms with Crippen molar-refractivity contribution in [2.24, 2.45) is 62.1 Å². The number of unbranched alkanes of at least 4 members (excludes halogenated alkanes) is 2. The van der Waals surface area contributed by atoms with E-state index in [0.29, 0.717) is 25.9 Å². The second-order valence-corrected chi connectivity index (χ2v) is 21.8. The normalized spacial score (nSPS) is 49.8. The zero-order valence-corrected chi connectivity index (χ0v) is 36.7. The van der Waals surface area contributed by atoms with E-state index in [2.05, 4.69) is 33.8 Å². The van der Waals surface area contributed by atoms with Crippen molar-refractivity contribution in [3.63, 3.8) is 0 Å². The van der Waals surface area contributed by atoms with Crippen molar-refractivity contribution in [3.05, 3.63) is 47.5 Å². The van der Waals surface area contributed by atoms with Crippen LogP contribution in [0.15, 0.2) is 42.0 Å². The first-order chi connectivity index (χ1) is 28.5. The molecule has 6 fully saturated rings. The molecule has 0 aromatic heterocycles. The lowest BCUT2D eigenvalue weighted by Crippen LogP contribution is -2.73. The molecule has 0 spiro atoms. The maximum atomic E-state index is 13.8. The Kier molecular flexibility index (Phi) is 12.1. The predicted octanol–water partition coefficient (Wildman–Crippen LogP) is 6.00. The summed E-state index contributed by atoms with van der Waals surface area (Å²) in [5.74, 6) is -0.938. The Bertz CT molecular complexity index is 1740. The molecule has 11 nitrogen and oxygen atoms in total. The topological polar surface area (TPSA) is 186 Å². The molecule has 1 aliphatic heterocycles. The Morgan fingerprint density at radius 3 is 2.33 bits per heavy atom. The summed E-state index contributed by atoms with van der Waals surface area (Å²) in [6.45, 7) is 11.0. The Morgan fingerprint density at radius 1 is 0.900 bits per heavy atom. The van der Waals surface area contributed by atoms with Gasteiger partial charge in [0, 0.05) is 12.0 Å². The number of aliphatic hydroxyl groups excluding tert-OH is 6. The van der Waals surface area contributed by atoms with Crippen molar-refractivity contribution in [1.29, 1.82) is 0 Å². The van der Waals surface area contributed by atoms with Gasteiger partial charge in [-0.1, -0.05) is 102 Å². The first-order valence-electron chi connectivity index (χ1n) is 23.3. The second kappa shape index (κ2) is 16.3. The van der Waals surface area contributed by atoms with Gasteiger partial charge in [-0.3, -0.25) is 4.79 Å². The Balaban J connectivity index is 1.26. The van der Waals surface area contributed by atoms with Crippen LogP contribution in [0.4, 0.5) is 0 Å². The third-order valence-electron chi connectivity index (χ3n) is 18.7. The highest BCUT2D eigenvalue weighted by molar-refractivity contribution is 5.78. The smallest absolute Gasteiger partial charge is 0.312 e. The van der Waals surface area contributed by atoms with E-state index in [0.717, 1.165) is 63.4 Å². The van der Waals surface area contributed by atoms with E-state index in [4.69, 9.17) is 14.2 Å². The van der Waals surface area contributed by atoms with Crippen molar-refractivity contribution in [1.82, 2.24) is 0 Å². The molecule has 1 aromatic carbocycles. The minimum Gasteiger partial charge on any atom is -0.481 e. The molecular weight excluding hydrogens is 765 g/mol. The van der Waals surface area contributed by atoms with E-state index in [1.165, 1.54) is 5.57 Å². The van der Waals surface area contributed by atoms with Crippen LogP contribution in [0.3, 0.4) is 0 Å². The summed E-state index contributed by atoms with van der Waals surface area (Å²) < 4.78 is 19.6. The van der Waals surface area contributed by atoms with Crippen molar-refractivity contribution >= 4 is 5.97 Å². The van der Waals surface area contributed by atoms with Gasteiger partial charge in [-0.05, 0) is 115 Å². The molecule has 7 N–H and O–H groups in total. The number of aliphatic hydroxyl groups is 6. The third kappa shape index (κ3) is 6.55. The average molecular weight is 839 g/mol. The van der Waals surface area contributed by atoms with Crippen LogP contribution < -0.4 is 0 Å². The highest BCUT2D eigenvalue weighted by Gasteiger charge is 2.76. The van der Waals surface area contributed by atoms with Gasteiger partial charge in [0.05, 0.1) is 38.1 Å². The first-order valence-corrected chi connectivity index (χ1v) is 23.3. The summed E-state index contributed by atoms with van der Waals surface area (Å²) in [6.07, 6.45) is 5.44. The summed E-state index contributed by atoms with van der Waals surface area (Å²) in [4.78, 5) is 13.8. The van der Waals surface area contributed by atoms with E-state index in [9.17, 15) is 40.5 Å². The zero-order valence-electron chi connectivity index (χ0n) is 36.7. The minimum absolute atomic E-state index is 0.0143. The second-order valence-electron chi connectivity index (χ2n) is 21.8. The van der Waals surface area contributed by atoms with Gasteiger partial charge in [0.1, 0.15) is 23.7 Å². The number of hydrogen-bond acceptors (Lipinski definition) is 10. The molecule has 0 amide bonds. The van der Waals surface area contributed by atoms with Crippen molar-refractivity contribution in [2.45, 2.75) is 168 Å². The number of carbonyl (C=O) groups is 1. The van der Waals surface area contributed by atoms with Gasteiger partial charge in [-0.15, -0.1) is 0 Å². The largest absolute Gasteiger partial charge is 0.481 e. The van der Waals surface area contributed by atoms with E-state index < -0.39 is 71.0 Å². The van der Waals surface area contributed by atoms with Gasteiger partial charge in [0.25, 0.3) is 0 Å². The first kappa shape index (κ1) is 44.7.